The highest BCUT2D eigenvalue weighted by atomic mass is 16.6. The van der Waals surface area contributed by atoms with Crippen LogP contribution in [0.4, 0.5) is 0 Å². The average Bonchev–Trinajstić information content (AvgIpc) is 1.93. The van der Waals surface area contributed by atoms with Crippen molar-refractivity contribution in [2.75, 3.05) is 6.61 Å². The summed E-state index contributed by atoms with van der Waals surface area (Å²) in [6, 6.07) is -0.613. The summed E-state index contributed by atoms with van der Waals surface area (Å²) in [5.74, 6) is 0. The third-order valence-electron chi connectivity index (χ3n) is 1.54. The molecule has 0 aromatic carbocycles. The van der Waals surface area contributed by atoms with Gasteiger partial charge in [-0.15, -0.1) is 0 Å². The van der Waals surface area contributed by atoms with Crippen LogP contribution in [0.15, 0.2) is 0 Å². The lowest BCUT2D eigenvalue weighted by Gasteiger charge is -2.32. The number of rotatable bonds is 0. The Hall–Kier alpha value is -0.200. The zero-order chi connectivity index (χ0) is 7.72. The fourth-order valence-electron chi connectivity index (χ4n) is 0.829. The van der Waals surface area contributed by atoms with Crippen molar-refractivity contribution in [2.45, 2.75) is 24.5 Å². The van der Waals surface area contributed by atoms with Gasteiger partial charge in [0.25, 0.3) is 0 Å². The van der Waals surface area contributed by atoms with Gasteiger partial charge in [-0.05, 0) is 0 Å². The summed E-state index contributed by atoms with van der Waals surface area (Å²) in [6.07, 6.45) is -3.69. The minimum Gasteiger partial charge on any atom is -0.388 e. The quantitative estimate of drug-likeness (QED) is 0.302. The summed E-state index contributed by atoms with van der Waals surface area (Å²) in [5, 5.41) is 26.7. The summed E-state index contributed by atoms with van der Waals surface area (Å²) in [5.41, 5.74) is 5.28. The van der Waals surface area contributed by atoms with E-state index >= 15 is 0 Å². The molecule has 4 atom stereocenters. The van der Waals surface area contributed by atoms with Crippen molar-refractivity contribution >= 4 is 0 Å². The predicted octanol–water partition coefficient (Wildman–Crippen LogP) is -2.62. The van der Waals surface area contributed by atoms with E-state index in [1.165, 1.54) is 0 Å². The highest BCUT2D eigenvalue weighted by Gasteiger charge is 2.35. The first kappa shape index (κ1) is 7.90. The molecular formula is C5H11NO4. The molecule has 1 aliphatic heterocycles. The van der Waals surface area contributed by atoms with Gasteiger partial charge in [0.1, 0.15) is 12.2 Å². The topological polar surface area (TPSA) is 95.9 Å². The van der Waals surface area contributed by atoms with Crippen molar-refractivity contribution in [3.8, 4) is 0 Å². The van der Waals surface area contributed by atoms with Crippen LogP contribution < -0.4 is 5.73 Å². The summed E-state index contributed by atoms with van der Waals surface area (Å²) in [7, 11) is 0. The molecule has 1 heterocycles. The highest BCUT2D eigenvalue weighted by Crippen LogP contribution is 2.11. The van der Waals surface area contributed by atoms with E-state index in [-0.39, 0.29) is 6.61 Å². The molecule has 1 aliphatic rings. The maximum Gasteiger partial charge on any atom is 0.183 e. The van der Waals surface area contributed by atoms with Crippen molar-refractivity contribution in [3.05, 3.63) is 0 Å². The minimum atomic E-state index is -1.31. The van der Waals surface area contributed by atoms with Crippen molar-refractivity contribution < 1.29 is 20.1 Å². The Morgan fingerprint density at radius 3 is 2.30 bits per heavy atom. The van der Waals surface area contributed by atoms with Crippen LogP contribution >= 0.6 is 0 Å². The van der Waals surface area contributed by atoms with Crippen LogP contribution in [0.1, 0.15) is 0 Å². The molecule has 0 bridgehead atoms. The summed E-state index contributed by atoms with van der Waals surface area (Å²) in [6.45, 7) is 0.0688. The van der Waals surface area contributed by atoms with E-state index in [1.54, 1.807) is 0 Å². The largest absolute Gasteiger partial charge is 0.388 e. The molecule has 0 aromatic heterocycles. The Balaban J connectivity index is 2.52. The van der Waals surface area contributed by atoms with E-state index in [4.69, 9.17) is 21.1 Å². The molecule has 60 valence electrons. The molecule has 0 spiro atoms. The lowest BCUT2D eigenvalue weighted by molar-refractivity contribution is -0.225. The lowest BCUT2D eigenvalue weighted by atomic mass is 10.0. The van der Waals surface area contributed by atoms with Crippen molar-refractivity contribution in [2.24, 2.45) is 5.73 Å². The van der Waals surface area contributed by atoms with Gasteiger partial charge in [0, 0.05) is 0 Å². The Morgan fingerprint density at radius 1 is 1.20 bits per heavy atom. The number of aliphatic hydroxyl groups excluding tert-OH is 3. The van der Waals surface area contributed by atoms with Gasteiger partial charge in [0.15, 0.2) is 6.29 Å². The SMILES string of the molecule is N[C@H]1CO[C@@H](O)[C@@H](O)C1O. The first-order chi connectivity index (χ1) is 4.63. The number of nitrogens with two attached hydrogens (primary N) is 1. The predicted molar refractivity (Wildman–Crippen MR) is 31.9 cm³/mol. The van der Waals surface area contributed by atoms with E-state index in [0.717, 1.165) is 0 Å². The summed E-state index contributed by atoms with van der Waals surface area (Å²) in [4.78, 5) is 0. The van der Waals surface area contributed by atoms with Crippen molar-refractivity contribution in [3.63, 3.8) is 0 Å². The van der Waals surface area contributed by atoms with Gasteiger partial charge in [-0.2, -0.15) is 0 Å². The van der Waals surface area contributed by atoms with Crippen LogP contribution in [-0.2, 0) is 4.74 Å². The van der Waals surface area contributed by atoms with Crippen LogP contribution in [-0.4, -0.2) is 46.5 Å². The molecule has 1 rings (SSSR count). The number of hydrogen-bond donors (Lipinski definition) is 4. The number of ether oxygens (including phenoxy) is 1. The van der Waals surface area contributed by atoms with E-state index < -0.39 is 24.5 Å². The first-order valence-electron chi connectivity index (χ1n) is 3.04. The fraction of sp³-hybridized carbons (Fsp3) is 1.00. The van der Waals surface area contributed by atoms with E-state index in [0.29, 0.717) is 0 Å². The third-order valence-corrected chi connectivity index (χ3v) is 1.54. The molecule has 5 N–H and O–H groups in total. The Morgan fingerprint density at radius 2 is 1.80 bits per heavy atom. The second-order valence-electron chi connectivity index (χ2n) is 2.37. The van der Waals surface area contributed by atoms with Gasteiger partial charge in [-0.25, -0.2) is 0 Å². The van der Waals surface area contributed by atoms with Gasteiger partial charge < -0.3 is 25.8 Å². The molecular weight excluding hydrogens is 138 g/mol. The smallest absolute Gasteiger partial charge is 0.183 e. The highest BCUT2D eigenvalue weighted by molar-refractivity contribution is 4.84. The Labute approximate surface area is 58.0 Å². The maximum atomic E-state index is 9.00. The Bertz CT molecular complexity index is 106. The maximum absolute atomic E-state index is 9.00. The van der Waals surface area contributed by atoms with Crippen LogP contribution in [0.2, 0.25) is 0 Å². The van der Waals surface area contributed by atoms with E-state index in [9.17, 15) is 0 Å². The standard InChI is InChI=1S/C5H11NO4/c6-2-1-10-5(9)4(8)3(2)7/h2-5,7-9H,1,6H2/t2-,3?,4-,5+/m0/s1. The molecule has 0 radical (unpaired) electrons. The molecule has 0 aromatic rings. The number of aliphatic hydroxyl groups is 3. The average molecular weight is 149 g/mol. The van der Waals surface area contributed by atoms with Crippen LogP contribution in [0.3, 0.4) is 0 Å². The zero-order valence-electron chi connectivity index (χ0n) is 5.34. The molecule has 5 heteroatoms. The van der Waals surface area contributed by atoms with Gasteiger partial charge in [0.05, 0.1) is 12.6 Å². The zero-order valence-corrected chi connectivity index (χ0v) is 5.34. The van der Waals surface area contributed by atoms with Crippen LogP contribution in [0, 0.1) is 0 Å². The van der Waals surface area contributed by atoms with E-state index in [2.05, 4.69) is 4.74 Å². The second kappa shape index (κ2) is 2.81. The normalized spacial score (nSPS) is 49.2. The van der Waals surface area contributed by atoms with Crippen molar-refractivity contribution in [1.29, 1.82) is 0 Å². The van der Waals surface area contributed by atoms with Gasteiger partial charge >= 0.3 is 0 Å². The second-order valence-corrected chi connectivity index (χ2v) is 2.37. The van der Waals surface area contributed by atoms with Crippen LogP contribution in [0.5, 0.6) is 0 Å². The van der Waals surface area contributed by atoms with Crippen molar-refractivity contribution in [1.82, 2.24) is 0 Å². The summed E-state index contributed by atoms with van der Waals surface area (Å²) >= 11 is 0. The first-order valence-corrected chi connectivity index (χ1v) is 3.04. The fourth-order valence-corrected chi connectivity index (χ4v) is 0.829. The third kappa shape index (κ3) is 1.28. The van der Waals surface area contributed by atoms with Crippen LogP contribution in [0.25, 0.3) is 0 Å². The molecule has 0 amide bonds. The molecule has 5 nitrogen and oxygen atoms in total. The minimum absolute atomic E-state index is 0.0688. The molecule has 1 fully saturated rings. The van der Waals surface area contributed by atoms with Gasteiger partial charge in [-0.3, -0.25) is 0 Å². The molecule has 1 saturated heterocycles. The number of hydrogen-bond acceptors (Lipinski definition) is 5. The monoisotopic (exact) mass is 149 g/mol. The van der Waals surface area contributed by atoms with E-state index in [1.807, 2.05) is 0 Å². The molecule has 10 heavy (non-hydrogen) atoms. The molecule has 0 aliphatic carbocycles. The van der Waals surface area contributed by atoms with Gasteiger partial charge in [-0.1, -0.05) is 0 Å². The van der Waals surface area contributed by atoms with Gasteiger partial charge in [0.2, 0.25) is 0 Å². The lowest BCUT2D eigenvalue weighted by Crippen LogP contribution is -2.56. The summed E-state index contributed by atoms with van der Waals surface area (Å²) < 4.78 is 4.59. The Kier molecular flexibility index (Phi) is 2.22. The molecule has 0 saturated carbocycles. The molecule has 1 unspecified atom stereocenters.